The first-order valence-corrected chi connectivity index (χ1v) is 7.40. The number of esters is 1. The molecular formula is C14H9BrFIO3. The highest BCUT2D eigenvalue weighted by Gasteiger charge is 2.21. The Morgan fingerprint density at radius 2 is 1.95 bits per heavy atom. The summed E-state index contributed by atoms with van der Waals surface area (Å²) in [4.78, 5) is 11.7. The monoisotopic (exact) mass is 450 g/mol. The summed E-state index contributed by atoms with van der Waals surface area (Å²) < 4.78 is 25.5. The van der Waals surface area contributed by atoms with Crippen molar-refractivity contribution in [3.8, 4) is 11.5 Å². The van der Waals surface area contributed by atoms with Crippen molar-refractivity contribution in [2.75, 3.05) is 7.11 Å². The molecule has 0 bridgehead atoms. The quantitative estimate of drug-likeness (QED) is 0.499. The standard InChI is InChI=1S/C14H9BrFIO3/c1-19-14(18)13-9(16)6-8(15)7-12(13)20-11-5-3-2-4-10(11)17/h2-7H,1H3. The van der Waals surface area contributed by atoms with Crippen LogP contribution in [0.25, 0.3) is 0 Å². The number of hydrogen-bond donors (Lipinski definition) is 0. The number of carbonyl (C=O) groups excluding carboxylic acids is 1. The van der Waals surface area contributed by atoms with E-state index in [9.17, 15) is 9.18 Å². The van der Waals surface area contributed by atoms with Gasteiger partial charge in [-0.3, -0.25) is 0 Å². The van der Waals surface area contributed by atoms with Gasteiger partial charge in [0.1, 0.15) is 22.9 Å². The van der Waals surface area contributed by atoms with Crippen LogP contribution in [0, 0.1) is 9.39 Å². The zero-order valence-electron chi connectivity index (χ0n) is 10.3. The Balaban J connectivity index is 2.50. The van der Waals surface area contributed by atoms with E-state index in [-0.39, 0.29) is 11.3 Å². The van der Waals surface area contributed by atoms with Crippen LogP contribution in [0.2, 0.25) is 0 Å². The highest BCUT2D eigenvalue weighted by Crippen LogP contribution is 2.33. The van der Waals surface area contributed by atoms with Gasteiger partial charge in [0.2, 0.25) is 0 Å². The normalized spacial score (nSPS) is 10.2. The van der Waals surface area contributed by atoms with Crippen LogP contribution >= 0.6 is 38.5 Å². The highest BCUT2D eigenvalue weighted by atomic mass is 127. The van der Waals surface area contributed by atoms with Gasteiger partial charge in [-0.1, -0.05) is 28.1 Å². The van der Waals surface area contributed by atoms with Gasteiger partial charge in [-0.15, -0.1) is 0 Å². The molecule has 0 aliphatic rings. The Morgan fingerprint density at radius 1 is 1.25 bits per heavy atom. The lowest BCUT2D eigenvalue weighted by Crippen LogP contribution is -2.07. The molecular weight excluding hydrogens is 442 g/mol. The number of halogens is 3. The third-order valence-corrected chi connectivity index (χ3v) is 3.81. The largest absolute Gasteiger partial charge is 0.465 e. The van der Waals surface area contributed by atoms with Gasteiger partial charge in [-0.05, 0) is 46.9 Å². The molecule has 0 amide bonds. The molecule has 0 unspecified atom stereocenters. The molecule has 6 heteroatoms. The second-order valence-corrected chi connectivity index (χ2v) is 5.86. The minimum Gasteiger partial charge on any atom is -0.465 e. The summed E-state index contributed by atoms with van der Waals surface area (Å²) in [5, 5.41) is 0. The van der Waals surface area contributed by atoms with Crippen molar-refractivity contribution in [2.24, 2.45) is 0 Å². The van der Waals surface area contributed by atoms with Gasteiger partial charge in [0.05, 0.1) is 10.7 Å². The first-order chi connectivity index (χ1) is 9.52. The Bertz CT molecular complexity index is 661. The van der Waals surface area contributed by atoms with Crippen molar-refractivity contribution >= 4 is 44.5 Å². The Morgan fingerprint density at radius 3 is 2.60 bits per heavy atom. The second kappa shape index (κ2) is 6.53. The zero-order valence-corrected chi connectivity index (χ0v) is 14.1. The minimum absolute atomic E-state index is 0.104. The molecule has 0 N–H and O–H groups in total. The lowest BCUT2D eigenvalue weighted by atomic mass is 10.2. The van der Waals surface area contributed by atoms with E-state index in [1.54, 1.807) is 12.1 Å². The molecule has 0 aliphatic heterocycles. The fraction of sp³-hybridized carbons (Fsp3) is 0.0714. The van der Waals surface area contributed by atoms with Crippen LogP contribution in [-0.2, 0) is 4.74 Å². The van der Waals surface area contributed by atoms with Gasteiger partial charge >= 0.3 is 5.97 Å². The van der Waals surface area contributed by atoms with Crippen molar-refractivity contribution in [2.45, 2.75) is 0 Å². The summed E-state index contributed by atoms with van der Waals surface area (Å²) in [5.74, 6) is -0.841. The summed E-state index contributed by atoms with van der Waals surface area (Å²) in [6, 6.07) is 9.96. The van der Waals surface area contributed by atoms with Crippen molar-refractivity contribution in [1.29, 1.82) is 0 Å². The molecule has 0 aromatic heterocycles. The molecule has 0 spiro atoms. The predicted octanol–water partition coefficient (Wildman–Crippen LogP) is 4.77. The van der Waals surface area contributed by atoms with E-state index in [1.165, 1.54) is 19.2 Å². The summed E-state index contributed by atoms with van der Waals surface area (Å²) in [7, 11) is 1.19. The molecule has 3 nitrogen and oxygen atoms in total. The van der Waals surface area contributed by atoms with Gasteiger partial charge < -0.3 is 9.47 Å². The van der Waals surface area contributed by atoms with E-state index in [2.05, 4.69) is 43.3 Å². The van der Waals surface area contributed by atoms with Crippen LogP contribution in [0.4, 0.5) is 4.39 Å². The molecule has 0 aliphatic carbocycles. The molecule has 0 atom stereocenters. The van der Waals surface area contributed by atoms with E-state index in [0.29, 0.717) is 10.2 Å². The topological polar surface area (TPSA) is 35.5 Å². The van der Waals surface area contributed by atoms with Crippen LogP contribution in [0.15, 0.2) is 40.9 Å². The van der Waals surface area contributed by atoms with Crippen molar-refractivity contribution in [3.05, 3.63) is 55.8 Å². The molecule has 0 heterocycles. The summed E-state index contributed by atoms with van der Waals surface area (Å²) in [5.41, 5.74) is -0.227. The fourth-order valence-corrected chi connectivity index (χ4v) is 2.48. The number of benzene rings is 2. The number of methoxy groups -OCH3 is 1. The summed E-state index contributed by atoms with van der Waals surface area (Å²) in [6.07, 6.45) is 0. The number of ether oxygens (including phenoxy) is 2. The number of carbonyl (C=O) groups is 1. The molecule has 0 radical (unpaired) electrons. The molecule has 2 aromatic rings. The van der Waals surface area contributed by atoms with Gasteiger partial charge in [-0.25, -0.2) is 9.18 Å². The van der Waals surface area contributed by atoms with Crippen LogP contribution < -0.4 is 4.74 Å². The zero-order chi connectivity index (χ0) is 14.7. The summed E-state index contributed by atoms with van der Waals surface area (Å²) >= 11 is 5.27. The Kier molecular flexibility index (Phi) is 4.98. The van der Waals surface area contributed by atoms with Gasteiger partial charge in [0, 0.05) is 4.47 Å². The fourth-order valence-electron chi connectivity index (χ4n) is 1.58. The van der Waals surface area contributed by atoms with Crippen LogP contribution in [0.3, 0.4) is 0 Å². The maximum Gasteiger partial charge on any atom is 0.344 e. The molecule has 0 saturated carbocycles. The lowest BCUT2D eigenvalue weighted by molar-refractivity contribution is 0.0592. The smallest absolute Gasteiger partial charge is 0.344 e. The Labute approximate surface area is 137 Å². The number of para-hydroxylation sites is 1. The van der Waals surface area contributed by atoms with Crippen LogP contribution in [-0.4, -0.2) is 13.1 Å². The van der Waals surface area contributed by atoms with Crippen molar-refractivity contribution in [1.82, 2.24) is 0 Å². The van der Waals surface area contributed by atoms with Gasteiger partial charge in [-0.2, -0.15) is 0 Å². The minimum atomic E-state index is -0.782. The number of rotatable bonds is 3. The maximum atomic E-state index is 13.9. The highest BCUT2D eigenvalue weighted by molar-refractivity contribution is 14.1. The van der Waals surface area contributed by atoms with Gasteiger partial charge in [0.15, 0.2) is 0 Å². The predicted molar refractivity (Wildman–Crippen MR) is 84.7 cm³/mol. The third kappa shape index (κ3) is 3.29. The molecule has 104 valence electrons. The SMILES string of the molecule is COC(=O)c1c(F)cc(Br)cc1Oc1ccccc1I. The molecule has 0 fully saturated rings. The molecule has 20 heavy (non-hydrogen) atoms. The maximum absolute atomic E-state index is 13.9. The van der Waals surface area contributed by atoms with Crippen LogP contribution in [0.1, 0.15) is 10.4 Å². The third-order valence-electron chi connectivity index (χ3n) is 2.46. The summed E-state index contributed by atoms with van der Waals surface area (Å²) in [6.45, 7) is 0. The van der Waals surface area contributed by atoms with E-state index in [0.717, 1.165) is 3.57 Å². The first kappa shape index (κ1) is 15.2. The lowest BCUT2D eigenvalue weighted by Gasteiger charge is -2.12. The average Bonchev–Trinajstić information content (AvgIpc) is 2.40. The van der Waals surface area contributed by atoms with E-state index < -0.39 is 11.8 Å². The number of hydrogen-bond acceptors (Lipinski definition) is 3. The molecule has 0 saturated heterocycles. The van der Waals surface area contributed by atoms with Crippen LogP contribution in [0.5, 0.6) is 11.5 Å². The second-order valence-electron chi connectivity index (χ2n) is 3.78. The molecule has 2 aromatic carbocycles. The van der Waals surface area contributed by atoms with Gasteiger partial charge in [0.25, 0.3) is 0 Å². The van der Waals surface area contributed by atoms with Crippen molar-refractivity contribution in [3.63, 3.8) is 0 Å². The van der Waals surface area contributed by atoms with Crippen molar-refractivity contribution < 1.29 is 18.7 Å². The molecule has 2 rings (SSSR count). The first-order valence-electron chi connectivity index (χ1n) is 5.52. The van der Waals surface area contributed by atoms with E-state index in [4.69, 9.17) is 4.74 Å². The average molecular weight is 451 g/mol. The Hall–Kier alpha value is -1.15. The van der Waals surface area contributed by atoms with E-state index in [1.807, 2.05) is 12.1 Å². The van der Waals surface area contributed by atoms with E-state index >= 15 is 0 Å².